The molecule has 86 valence electrons. The van der Waals surface area contributed by atoms with Gasteiger partial charge in [0.05, 0.1) is 26.2 Å². The van der Waals surface area contributed by atoms with Crippen molar-refractivity contribution in [2.45, 2.75) is 26.2 Å². The summed E-state index contributed by atoms with van der Waals surface area (Å²) in [6.07, 6.45) is 0.763. The van der Waals surface area contributed by atoms with E-state index in [0.717, 1.165) is 29.0 Å². The molecule has 0 fully saturated rings. The molecule has 0 radical (unpaired) electrons. The monoisotopic (exact) mass is 219 g/mol. The van der Waals surface area contributed by atoms with Crippen LogP contribution in [0, 0.1) is 18.3 Å². The minimum Gasteiger partial charge on any atom is -0.496 e. The average Bonchev–Trinajstić information content (AvgIpc) is 2.31. The highest BCUT2D eigenvalue weighted by Crippen LogP contribution is 2.34. The molecular weight excluding hydrogens is 202 g/mol. The minimum atomic E-state index is -0.149. The van der Waals surface area contributed by atoms with Gasteiger partial charge in [-0.25, -0.2) is 0 Å². The number of nitrogens with zero attached hydrogens (tertiary/aromatic N) is 1. The molecule has 0 heterocycles. The van der Waals surface area contributed by atoms with Crippen LogP contribution in [0.25, 0.3) is 0 Å². The number of benzene rings is 1. The molecule has 0 aromatic heterocycles. The zero-order valence-electron chi connectivity index (χ0n) is 10.2. The van der Waals surface area contributed by atoms with Gasteiger partial charge in [-0.2, -0.15) is 5.26 Å². The van der Waals surface area contributed by atoms with Crippen LogP contribution in [-0.4, -0.2) is 14.2 Å². The van der Waals surface area contributed by atoms with Crippen LogP contribution in [-0.2, 0) is 0 Å². The van der Waals surface area contributed by atoms with Gasteiger partial charge in [0.1, 0.15) is 11.5 Å². The first-order chi connectivity index (χ1) is 7.67. The molecule has 0 bridgehead atoms. The van der Waals surface area contributed by atoms with E-state index >= 15 is 0 Å². The Hall–Kier alpha value is -1.69. The van der Waals surface area contributed by atoms with E-state index in [0.29, 0.717) is 0 Å². The van der Waals surface area contributed by atoms with Crippen LogP contribution in [0.5, 0.6) is 11.5 Å². The van der Waals surface area contributed by atoms with Crippen molar-refractivity contribution in [3.63, 3.8) is 0 Å². The van der Waals surface area contributed by atoms with Crippen molar-refractivity contribution in [1.29, 1.82) is 5.26 Å². The van der Waals surface area contributed by atoms with E-state index < -0.39 is 0 Å². The largest absolute Gasteiger partial charge is 0.496 e. The molecule has 1 aromatic carbocycles. The van der Waals surface area contributed by atoms with E-state index in [-0.39, 0.29) is 5.92 Å². The maximum absolute atomic E-state index is 9.09. The second-order valence-corrected chi connectivity index (χ2v) is 3.65. The van der Waals surface area contributed by atoms with Gasteiger partial charge in [0, 0.05) is 5.56 Å². The third kappa shape index (κ3) is 2.27. The number of aryl methyl sites for hydroxylation is 1. The van der Waals surface area contributed by atoms with Crippen molar-refractivity contribution >= 4 is 0 Å². The molecule has 1 aromatic rings. The maximum Gasteiger partial charge on any atom is 0.123 e. The molecule has 3 nitrogen and oxygen atoms in total. The quantitative estimate of drug-likeness (QED) is 0.781. The van der Waals surface area contributed by atoms with Gasteiger partial charge in [0.2, 0.25) is 0 Å². The number of hydrogen-bond donors (Lipinski definition) is 0. The van der Waals surface area contributed by atoms with Gasteiger partial charge in [0.15, 0.2) is 0 Å². The van der Waals surface area contributed by atoms with Crippen molar-refractivity contribution in [2.24, 2.45) is 0 Å². The summed E-state index contributed by atoms with van der Waals surface area (Å²) in [5, 5.41) is 9.09. The molecule has 0 spiro atoms. The van der Waals surface area contributed by atoms with Crippen LogP contribution in [0.3, 0.4) is 0 Å². The molecule has 1 rings (SSSR count). The lowest BCUT2D eigenvalue weighted by atomic mass is 9.95. The highest BCUT2D eigenvalue weighted by Gasteiger charge is 2.16. The minimum absolute atomic E-state index is 0.149. The Labute approximate surface area is 96.6 Å². The highest BCUT2D eigenvalue weighted by atomic mass is 16.5. The molecule has 0 aliphatic carbocycles. The fourth-order valence-corrected chi connectivity index (χ4v) is 1.73. The molecule has 16 heavy (non-hydrogen) atoms. The van der Waals surface area contributed by atoms with Crippen LogP contribution < -0.4 is 9.47 Å². The molecular formula is C13H17NO2. The summed E-state index contributed by atoms with van der Waals surface area (Å²) >= 11 is 0. The summed E-state index contributed by atoms with van der Waals surface area (Å²) < 4.78 is 10.6. The normalized spacial score (nSPS) is 11.7. The summed E-state index contributed by atoms with van der Waals surface area (Å²) in [7, 11) is 3.25. The standard InChI is InChI=1S/C13H17NO2/c1-5-10(8-14)11-7-12(15-3)9(2)6-13(11)16-4/h6-7,10H,5H2,1-4H3. The Balaban J connectivity index is 3.30. The van der Waals surface area contributed by atoms with E-state index in [4.69, 9.17) is 14.7 Å². The van der Waals surface area contributed by atoms with Gasteiger partial charge in [0.25, 0.3) is 0 Å². The third-order valence-electron chi connectivity index (χ3n) is 2.69. The lowest BCUT2D eigenvalue weighted by Gasteiger charge is -2.15. The molecule has 0 amide bonds. The van der Waals surface area contributed by atoms with E-state index in [1.54, 1.807) is 14.2 Å². The van der Waals surface area contributed by atoms with Gasteiger partial charge >= 0.3 is 0 Å². The number of hydrogen-bond acceptors (Lipinski definition) is 3. The van der Waals surface area contributed by atoms with Crippen LogP contribution in [0.15, 0.2) is 12.1 Å². The van der Waals surface area contributed by atoms with Crippen molar-refractivity contribution in [3.05, 3.63) is 23.3 Å². The Kier molecular flexibility index (Phi) is 4.19. The van der Waals surface area contributed by atoms with Crippen LogP contribution in [0.1, 0.15) is 30.4 Å². The van der Waals surface area contributed by atoms with Gasteiger partial charge in [-0.15, -0.1) is 0 Å². The summed E-state index contributed by atoms with van der Waals surface area (Å²) in [5.41, 5.74) is 1.91. The number of ether oxygens (including phenoxy) is 2. The van der Waals surface area contributed by atoms with Crippen LogP contribution >= 0.6 is 0 Å². The lowest BCUT2D eigenvalue weighted by molar-refractivity contribution is 0.395. The van der Waals surface area contributed by atoms with E-state index in [2.05, 4.69) is 6.07 Å². The molecule has 0 aliphatic rings. The third-order valence-corrected chi connectivity index (χ3v) is 2.69. The number of methoxy groups -OCH3 is 2. The lowest BCUT2D eigenvalue weighted by Crippen LogP contribution is -2.00. The first kappa shape index (κ1) is 12.4. The molecule has 3 heteroatoms. The second-order valence-electron chi connectivity index (χ2n) is 3.65. The summed E-state index contributed by atoms with van der Waals surface area (Å²) in [6, 6.07) is 6.08. The summed E-state index contributed by atoms with van der Waals surface area (Å²) in [5.74, 6) is 1.40. The molecule has 0 aliphatic heterocycles. The number of nitriles is 1. The van der Waals surface area contributed by atoms with Gasteiger partial charge in [-0.3, -0.25) is 0 Å². The summed E-state index contributed by atoms with van der Waals surface area (Å²) in [6.45, 7) is 3.94. The summed E-state index contributed by atoms with van der Waals surface area (Å²) in [4.78, 5) is 0. The zero-order valence-corrected chi connectivity index (χ0v) is 10.2. The van der Waals surface area contributed by atoms with E-state index in [9.17, 15) is 0 Å². The first-order valence-corrected chi connectivity index (χ1v) is 5.30. The smallest absolute Gasteiger partial charge is 0.123 e. The Morgan fingerprint density at radius 2 is 1.88 bits per heavy atom. The Bertz CT molecular complexity index is 407. The molecule has 1 atom stereocenters. The van der Waals surface area contributed by atoms with E-state index in [1.807, 2.05) is 26.0 Å². The second kappa shape index (κ2) is 5.41. The Morgan fingerprint density at radius 3 is 2.31 bits per heavy atom. The predicted octanol–water partition coefficient (Wildman–Crippen LogP) is 3.03. The molecule has 1 unspecified atom stereocenters. The fraction of sp³-hybridized carbons (Fsp3) is 0.462. The van der Waals surface area contributed by atoms with Crippen LogP contribution in [0.4, 0.5) is 0 Å². The average molecular weight is 219 g/mol. The zero-order chi connectivity index (χ0) is 12.1. The van der Waals surface area contributed by atoms with Crippen molar-refractivity contribution in [3.8, 4) is 17.6 Å². The van der Waals surface area contributed by atoms with Gasteiger partial charge < -0.3 is 9.47 Å². The van der Waals surface area contributed by atoms with Gasteiger partial charge in [-0.05, 0) is 31.0 Å². The SMILES string of the molecule is CCC(C#N)c1cc(OC)c(C)cc1OC. The first-order valence-electron chi connectivity index (χ1n) is 5.30. The molecule has 0 saturated carbocycles. The Morgan fingerprint density at radius 1 is 1.25 bits per heavy atom. The number of rotatable bonds is 4. The highest BCUT2D eigenvalue weighted by molar-refractivity contribution is 5.48. The molecule has 0 N–H and O–H groups in total. The van der Waals surface area contributed by atoms with Crippen LogP contribution in [0.2, 0.25) is 0 Å². The van der Waals surface area contributed by atoms with Crippen molar-refractivity contribution in [2.75, 3.05) is 14.2 Å². The van der Waals surface area contributed by atoms with E-state index in [1.165, 1.54) is 0 Å². The van der Waals surface area contributed by atoms with Gasteiger partial charge in [-0.1, -0.05) is 6.92 Å². The topological polar surface area (TPSA) is 42.2 Å². The fourth-order valence-electron chi connectivity index (χ4n) is 1.73. The molecule has 0 saturated heterocycles. The predicted molar refractivity (Wildman–Crippen MR) is 62.9 cm³/mol. The van der Waals surface area contributed by atoms with Crippen molar-refractivity contribution < 1.29 is 9.47 Å². The maximum atomic E-state index is 9.09. The van der Waals surface area contributed by atoms with Crippen molar-refractivity contribution in [1.82, 2.24) is 0 Å².